The Hall–Kier alpha value is -3.04. The highest BCUT2D eigenvalue weighted by Gasteiger charge is 2.16. The quantitative estimate of drug-likeness (QED) is 0.481. The van der Waals surface area contributed by atoms with Gasteiger partial charge in [-0.15, -0.1) is 21.5 Å². The average Bonchev–Trinajstić information content (AvgIpc) is 3.33. The van der Waals surface area contributed by atoms with Crippen LogP contribution in [0.3, 0.4) is 0 Å². The summed E-state index contributed by atoms with van der Waals surface area (Å²) >= 11 is 2.95. The molecule has 0 aliphatic rings. The first-order valence-electron chi connectivity index (χ1n) is 8.49. The summed E-state index contributed by atoms with van der Waals surface area (Å²) in [7, 11) is 0. The van der Waals surface area contributed by atoms with Gasteiger partial charge < -0.3 is 9.15 Å². The SMILES string of the molecule is CCOc1ccc2c(C(=O)Nc3nnc(Cc4cccs4)s3)cc(=O)oc2c1. The third-order valence-corrected chi connectivity index (χ3v) is 5.58. The van der Waals surface area contributed by atoms with Gasteiger partial charge in [0, 0.05) is 28.8 Å². The molecule has 0 saturated heterocycles. The highest BCUT2D eigenvalue weighted by molar-refractivity contribution is 7.15. The van der Waals surface area contributed by atoms with Crippen molar-refractivity contribution in [1.82, 2.24) is 10.2 Å². The van der Waals surface area contributed by atoms with Gasteiger partial charge in [0.1, 0.15) is 16.3 Å². The summed E-state index contributed by atoms with van der Waals surface area (Å²) < 4.78 is 10.6. The van der Waals surface area contributed by atoms with Gasteiger partial charge in [-0.3, -0.25) is 10.1 Å². The number of nitrogens with zero attached hydrogens (tertiary/aromatic N) is 2. The highest BCUT2D eigenvalue weighted by atomic mass is 32.1. The molecule has 3 heterocycles. The maximum absolute atomic E-state index is 12.7. The second kappa shape index (κ2) is 7.91. The zero-order valence-corrected chi connectivity index (χ0v) is 16.4. The highest BCUT2D eigenvalue weighted by Crippen LogP contribution is 2.25. The number of aromatic nitrogens is 2. The van der Waals surface area contributed by atoms with Crippen LogP contribution in [0.1, 0.15) is 27.2 Å². The first-order valence-corrected chi connectivity index (χ1v) is 10.2. The lowest BCUT2D eigenvalue weighted by atomic mass is 10.1. The number of rotatable bonds is 6. The minimum atomic E-state index is -0.609. The van der Waals surface area contributed by atoms with Gasteiger partial charge in [0.15, 0.2) is 0 Å². The summed E-state index contributed by atoms with van der Waals surface area (Å²) in [6.45, 7) is 2.35. The third kappa shape index (κ3) is 3.95. The van der Waals surface area contributed by atoms with Crippen LogP contribution in [0.4, 0.5) is 5.13 Å². The molecule has 4 aromatic rings. The van der Waals surface area contributed by atoms with Crippen molar-refractivity contribution in [3.63, 3.8) is 0 Å². The Bertz CT molecular complexity index is 1180. The molecule has 28 heavy (non-hydrogen) atoms. The van der Waals surface area contributed by atoms with Gasteiger partial charge in [0.2, 0.25) is 5.13 Å². The van der Waals surface area contributed by atoms with Gasteiger partial charge in [-0.25, -0.2) is 4.79 Å². The number of hydrogen-bond acceptors (Lipinski definition) is 8. The Morgan fingerprint density at radius 2 is 2.14 bits per heavy atom. The molecule has 9 heteroatoms. The Morgan fingerprint density at radius 3 is 2.93 bits per heavy atom. The number of fused-ring (bicyclic) bond motifs is 1. The summed E-state index contributed by atoms with van der Waals surface area (Å²) in [4.78, 5) is 25.8. The van der Waals surface area contributed by atoms with E-state index in [1.54, 1.807) is 29.5 Å². The summed E-state index contributed by atoms with van der Waals surface area (Å²) in [5.74, 6) is 0.124. The molecule has 4 rings (SSSR count). The van der Waals surface area contributed by atoms with E-state index in [1.165, 1.54) is 22.3 Å². The van der Waals surface area contributed by atoms with E-state index in [0.717, 1.165) is 5.01 Å². The number of ether oxygens (including phenoxy) is 1. The zero-order chi connectivity index (χ0) is 19.5. The van der Waals surface area contributed by atoms with E-state index in [2.05, 4.69) is 15.5 Å². The number of carbonyl (C=O) groups is 1. The number of carbonyl (C=O) groups excluding carboxylic acids is 1. The summed E-state index contributed by atoms with van der Waals surface area (Å²) in [5, 5.41) is 14.6. The van der Waals surface area contributed by atoms with Gasteiger partial charge in [0.05, 0.1) is 12.2 Å². The molecule has 142 valence electrons. The van der Waals surface area contributed by atoms with Gasteiger partial charge in [0.25, 0.3) is 5.91 Å². The predicted molar refractivity (Wildman–Crippen MR) is 109 cm³/mol. The third-order valence-electron chi connectivity index (χ3n) is 3.86. The van der Waals surface area contributed by atoms with Crippen LogP contribution >= 0.6 is 22.7 Å². The fraction of sp³-hybridized carbons (Fsp3) is 0.158. The number of anilines is 1. The van der Waals surface area contributed by atoms with Crippen molar-refractivity contribution in [2.45, 2.75) is 13.3 Å². The fourth-order valence-electron chi connectivity index (χ4n) is 2.69. The molecule has 0 saturated carbocycles. The second-order valence-electron chi connectivity index (χ2n) is 5.78. The monoisotopic (exact) mass is 413 g/mol. The van der Waals surface area contributed by atoms with Crippen molar-refractivity contribution in [3.05, 3.63) is 67.6 Å². The Balaban J connectivity index is 1.58. The number of thiophene rings is 1. The van der Waals surface area contributed by atoms with Crippen molar-refractivity contribution < 1.29 is 13.9 Å². The van der Waals surface area contributed by atoms with Crippen LogP contribution < -0.4 is 15.7 Å². The molecule has 1 N–H and O–H groups in total. The van der Waals surface area contributed by atoms with Crippen LogP contribution in [0.5, 0.6) is 5.75 Å². The molecular weight excluding hydrogens is 398 g/mol. The topological polar surface area (TPSA) is 94.3 Å². The molecule has 1 amide bonds. The predicted octanol–water partition coefficient (Wildman–Crippen LogP) is 3.95. The molecular formula is C19H15N3O4S2. The van der Waals surface area contributed by atoms with Gasteiger partial charge in [-0.1, -0.05) is 17.4 Å². The lowest BCUT2D eigenvalue weighted by Gasteiger charge is -2.07. The van der Waals surface area contributed by atoms with E-state index in [1.807, 2.05) is 24.4 Å². The van der Waals surface area contributed by atoms with Gasteiger partial charge >= 0.3 is 5.63 Å². The first-order chi connectivity index (χ1) is 13.6. The van der Waals surface area contributed by atoms with Crippen LogP contribution in [-0.4, -0.2) is 22.7 Å². The van der Waals surface area contributed by atoms with E-state index >= 15 is 0 Å². The van der Waals surface area contributed by atoms with E-state index < -0.39 is 11.5 Å². The van der Waals surface area contributed by atoms with E-state index in [9.17, 15) is 9.59 Å². The second-order valence-corrected chi connectivity index (χ2v) is 7.88. The molecule has 1 aromatic carbocycles. The standard InChI is InChI=1S/C19H15N3O4S2/c1-2-25-11-5-6-13-14(10-17(23)26-15(13)8-11)18(24)20-19-22-21-16(28-19)9-12-4-3-7-27-12/h3-8,10H,2,9H2,1H3,(H,20,22,24). The normalized spacial score (nSPS) is 10.9. The summed E-state index contributed by atoms with van der Waals surface area (Å²) in [6, 6.07) is 10.2. The van der Waals surface area contributed by atoms with Crippen LogP contribution in [-0.2, 0) is 6.42 Å². The maximum atomic E-state index is 12.7. The van der Waals surface area contributed by atoms with E-state index in [4.69, 9.17) is 9.15 Å². The van der Waals surface area contributed by atoms with Crippen LogP contribution in [0, 0.1) is 0 Å². The first kappa shape index (κ1) is 18.3. The van der Waals surface area contributed by atoms with E-state index in [-0.39, 0.29) is 5.56 Å². The molecule has 0 spiro atoms. The maximum Gasteiger partial charge on any atom is 0.337 e. The molecule has 0 fully saturated rings. The number of nitrogens with one attached hydrogen (secondary N) is 1. The van der Waals surface area contributed by atoms with Crippen molar-refractivity contribution in [3.8, 4) is 5.75 Å². The fourth-order valence-corrected chi connectivity index (χ4v) is 4.25. The Kier molecular flexibility index (Phi) is 5.18. The molecule has 0 aliphatic carbocycles. The van der Waals surface area contributed by atoms with Crippen LogP contribution in [0.2, 0.25) is 0 Å². The Labute approximate surface area is 167 Å². The molecule has 0 aliphatic heterocycles. The van der Waals surface area contributed by atoms with Crippen molar-refractivity contribution in [2.75, 3.05) is 11.9 Å². The molecule has 7 nitrogen and oxygen atoms in total. The largest absolute Gasteiger partial charge is 0.494 e. The number of amides is 1. The van der Waals surface area contributed by atoms with Crippen molar-refractivity contribution >= 4 is 44.7 Å². The average molecular weight is 413 g/mol. The van der Waals surface area contributed by atoms with Gasteiger partial charge in [-0.05, 0) is 30.5 Å². The van der Waals surface area contributed by atoms with Gasteiger partial charge in [-0.2, -0.15) is 0 Å². The molecule has 3 aromatic heterocycles. The molecule has 0 unspecified atom stereocenters. The number of hydrogen-bond donors (Lipinski definition) is 1. The smallest absolute Gasteiger partial charge is 0.337 e. The van der Waals surface area contributed by atoms with E-state index in [0.29, 0.717) is 34.9 Å². The zero-order valence-electron chi connectivity index (χ0n) is 14.8. The molecule has 0 bridgehead atoms. The minimum Gasteiger partial charge on any atom is -0.494 e. The Morgan fingerprint density at radius 1 is 1.25 bits per heavy atom. The lowest BCUT2D eigenvalue weighted by molar-refractivity contribution is 0.102. The van der Waals surface area contributed by atoms with Crippen LogP contribution in [0.25, 0.3) is 11.0 Å². The summed E-state index contributed by atoms with van der Waals surface area (Å²) in [6.07, 6.45) is 0.670. The lowest BCUT2D eigenvalue weighted by Crippen LogP contribution is -2.15. The molecule has 0 atom stereocenters. The molecule has 0 radical (unpaired) electrons. The number of benzene rings is 1. The minimum absolute atomic E-state index is 0.212. The van der Waals surface area contributed by atoms with Crippen LogP contribution in [0.15, 0.2) is 51.0 Å². The van der Waals surface area contributed by atoms with Crippen molar-refractivity contribution in [1.29, 1.82) is 0 Å². The summed E-state index contributed by atoms with van der Waals surface area (Å²) in [5.41, 5.74) is -0.106. The van der Waals surface area contributed by atoms with Crippen molar-refractivity contribution in [2.24, 2.45) is 0 Å².